The van der Waals surface area contributed by atoms with Gasteiger partial charge in [0.25, 0.3) is 0 Å². The van der Waals surface area contributed by atoms with Crippen LogP contribution in [0.15, 0.2) is 62.0 Å². The van der Waals surface area contributed by atoms with Gasteiger partial charge in [0.1, 0.15) is 0 Å². The number of nitrogens with zero attached hydrogens (tertiary/aromatic N) is 1. The first-order valence-electron chi connectivity index (χ1n) is 7.30. The fraction of sp³-hybridized carbons (Fsp3) is 0.150. The summed E-state index contributed by atoms with van der Waals surface area (Å²) in [6, 6.07) is 10.6. The highest BCUT2D eigenvalue weighted by Gasteiger charge is 2.08. The van der Waals surface area contributed by atoms with E-state index in [0.29, 0.717) is 0 Å². The lowest BCUT2D eigenvalue weighted by molar-refractivity contribution is 1.09. The highest BCUT2D eigenvalue weighted by molar-refractivity contribution is 5.72. The Kier molecular flexibility index (Phi) is 3.83. The quantitative estimate of drug-likeness (QED) is 0.733. The molecule has 0 bridgehead atoms. The van der Waals surface area contributed by atoms with Gasteiger partial charge in [0.05, 0.1) is 0 Å². The Morgan fingerprint density at radius 1 is 1.05 bits per heavy atom. The van der Waals surface area contributed by atoms with Gasteiger partial charge in [0.2, 0.25) is 0 Å². The van der Waals surface area contributed by atoms with E-state index in [1.807, 2.05) is 12.3 Å². The molecule has 1 nitrogen and oxygen atoms in total. The number of pyridine rings is 1. The largest absolute Gasteiger partial charge is 0.264 e. The van der Waals surface area contributed by atoms with Gasteiger partial charge in [0, 0.05) is 12.4 Å². The molecule has 0 saturated heterocycles. The Hall–Kier alpha value is -2.41. The van der Waals surface area contributed by atoms with Gasteiger partial charge < -0.3 is 0 Å². The summed E-state index contributed by atoms with van der Waals surface area (Å²) in [4.78, 5) is 4.14. The van der Waals surface area contributed by atoms with Gasteiger partial charge in [-0.05, 0) is 64.8 Å². The van der Waals surface area contributed by atoms with Gasteiger partial charge in [-0.3, -0.25) is 4.98 Å². The van der Waals surface area contributed by atoms with E-state index in [-0.39, 0.29) is 0 Å². The van der Waals surface area contributed by atoms with E-state index in [0.717, 1.165) is 30.4 Å². The van der Waals surface area contributed by atoms with Crippen molar-refractivity contribution in [3.05, 3.63) is 84.2 Å². The van der Waals surface area contributed by atoms with Crippen molar-refractivity contribution in [1.29, 1.82) is 0 Å². The normalized spacial score (nSPS) is 12.2. The Morgan fingerprint density at radius 2 is 1.86 bits per heavy atom. The molecule has 0 fully saturated rings. The van der Waals surface area contributed by atoms with Crippen molar-refractivity contribution in [3.8, 4) is 0 Å². The third-order valence-corrected chi connectivity index (χ3v) is 3.99. The number of aromatic nitrogens is 1. The molecular formula is C20H19N. The Morgan fingerprint density at radius 3 is 2.62 bits per heavy atom. The molecule has 104 valence electrons. The average Bonchev–Trinajstić information content (AvgIpc) is 3.00. The SMILES string of the molecule is C=C(CCC(=C)c1ccc2c(c1)C=CC2)c1cccnc1. The lowest BCUT2D eigenvalue weighted by Gasteiger charge is -2.10. The van der Waals surface area contributed by atoms with Crippen LogP contribution in [0.2, 0.25) is 0 Å². The van der Waals surface area contributed by atoms with Crippen LogP contribution in [0.1, 0.15) is 35.1 Å². The maximum absolute atomic E-state index is 4.24. The molecule has 21 heavy (non-hydrogen) atoms. The number of benzene rings is 1. The fourth-order valence-electron chi connectivity index (χ4n) is 2.63. The van der Waals surface area contributed by atoms with E-state index >= 15 is 0 Å². The minimum Gasteiger partial charge on any atom is -0.264 e. The van der Waals surface area contributed by atoms with E-state index in [4.69, 9.17) is 0 Å². The van der Waals surface area contributed by atoms with Crippen molar-refractivity contribution in [2.24, 2.45) is 0 Å². The van der Waals surface area contributed by atoms with E-state index in [1.165, 1.54) is 22.3 Å². The van der Waals surface area contributed by atoms with Crippen molar-refractivity contribution in [2.75, 3.05) is 0 Å². The summed E-state index contributed by atoms with van der Waals surface area (Å²) in [5.41, 5.74) is 7.38. The molecule has 0 unspecified atom stereocenters. The third-order valence-electron chi connectivity index (χ3n) is 3.99. The van der Waals surface area contributed by atoms with Gasteiger partial charge in [0.15, 0.2) is 0 Å². The highest BCUT2D eigenvalue weighted by Crippen LogP contribution is 2.28. The summed E-state index contributed by atoms with van der Waals surface area (Å²) in [5.74, 6) is 0. The van der Waals surface area contributed by atoms with Gasteiger partial charge >= 0.3 is 0 Å². The Bertz CT molecular complexity index is 708. The summed E-state index contributed by atoms with van der Waals surface area (Å²) < 4.78 is 0. The fourth-order valence-corrected chi connectivity index (χ4v) is 2.63. The van der Waals surface area contributed by atoms with Crippen LogP contribution in [0, 0.1) is 0 Å². The topological polar surface area (TPSA) is 12.9 Å². The van der Waals surface area contributed by atoms with Crippen molar-refractivity contribution in [2.45, 2.75) is 19.3 Å². The summed E-state index contributed by atoms with van der Waals surface area (Å²) in [5, 5.41) is 0. The van der Waals surface area contributed by atoms with E-state index in [9.17, 15) is 0 Å². The maximum atomic E-state index is 4.24. The molecule has 0 spiro atoms. The standard InChI is InChI=1S/C20H19N/c1-15(8-9-16(2)20-7-4-12-21-14-20)18-11-10-17-5-3-6-19(17)13-18/h3-4,6-7,10-14H,1-2,5,8-9H2. The lowest BCUT2D eigenvalue weighted by Crippen LogP contribution is -1.90. The third kappa shape index (κ3) is 3.03. The average molecular weight is 273 g/mol. The Labute approximate surface area is 126 Å². The molecule has 1 heterocycles. The highest BCUT2D eigenvalue weighted by atomic mass is 14.6. The van der Waals surface area contributed by atoms with Crippen LogP contribution in [0.25, 0.3) is 17.2 Å². The monoisotopic (exact) mass is 273 g/mol. The molecule has 1 aliphatic rings. The minimum absolute atomic E-state index is 0.914. The van der Waals surface area contributed by atoms with E-state index in [1.54, 1.807) is 6.20 Å². The molecular weight excluding hydrogens is 254 g/mol. The number of hydrogen-bond donors (Lipinski definition) is 0. The molecule has 0 saturated carbocycles. The minimum atomic E-state index is 0.914. The number of hydrogen-bond acceptors (Lipinski definition) is 1. The number of allylic oxidation sites excluding steroid dienone is 3. The number of rotatable bonds is 5. The van der Waals surface area contributed by atoms with Crippen molar-refractivity contribution in [1.82, 2.24) is 4.98 Å². The van der Waals surface area contributed by atoms with Gasteiger partial charge in [-0.2, -0.15) is 0 Å². The van der Waals surface area contributed by atoms with Crippen molar-refractivity contribution in [3.63, 3.8) is 0 Å². The second kappa shape index (κ2) is 5.92. The van der Waals surface area contributed by atoms with Crippen LogP contribution < -0.4 is 0 Å². The van der Waals surface area contributed by atoms with Crippen LogP contribution in [-0.4, -0.2) is 4.98 Å². The van der Waals surface area contributed by atoms with Gasteiger partial charge in [-0.15, -0.1) is 0 Å². The molecule has 0 radical (unpaired) electrons. The number of fused-ring (bicyclic) bond motifs is 1. The van der Waals surface area contributed by atoms with Crippen LogP contribution in [0.4, 0.5) is 0 Å². The molecule has 1 aliphatic carbocycles. The molecule has 0 atom stereocenters. The molecule has 0 N–H and O–H groups in total. The van der Waals surface area contributed by atoms with E-state index < -0.39 is 0 Å². The van der Waals surface area contributed by atoms with Gasteiger partial charge in [-0.25, -0.2) is 0 Å². The first-order valence-corrected chi connectivity index (χ1v) is 7.30. The predicted octanol–water partition coefficient (Wildman–Crippen LogP) is 5.16. The van der Waals surface area contributed by atoms with Crippen LogP contribution in [-0.2, 0) is 6.42 Å². The van der Waals surface area contributed by atoms with Crippen LogP contribution >= 0.6 is 0 Å². The first kappa shape index (κ1) is 13.6. The molecule has 1 heteroatoms. The smallest absolute Gasteiger partial charge is 0.0342 e. The maximum Gasteiger partial charge on any atom is 0.0342 e. The summed E-state index contributed by atoms with van der Waals surface area (Å²) >= 11 is 0. The molecule has 0 aliphatic heterocycles. The zero-order valence-corrected chi connectivity index (χ0v) is 12.2. The zero-order chi connectivity index (χ0) is 14.7. The zero-order valence-electron chi connectivity index (χ0n) is 12.2. The molecule has 3 rings (SSSR count). The summed E-state index contributed by atoms with van der Waals surface area (Å²) in [7, 11) is 0. The molecule has 0 amide bonds. The Balaban J connectivity index is 1.64. The molecule has 1 aromatic heterocycles. The van der Waals surface area contributed by atoms with Crippen molar-refractivity contribution < 1.29 is 0 Å². The predicted molar refractivity (Wildman–Crippen MR) is 90.7 cm³/mol. The summed E-state index contributed by atoms with van der Waals surface area (Å²) in [6.07, 6.45) is 11.0. The second-order valence-electron chi connectivity index (χ2n) is 5.47. The molecule has 2 aromatic rings. The van der Waals surface area contributed by atoms with Gasteiger partial charge in [-0.1, -0.05) is 43.5 Å². The van der Waals surface area contributed by atoms with Crippen LogP contribution in [0.3, 0.4) is 0 Å². The lowest BCUT2D eigenvalue weighted by atomic mass is 9.95. The van der Waals surface area contributed by atoms with Crippen LogP contribution in [0.5, 0.6) is 0 Å². The summed E-state index contributed by atoms with van der Waals surface area (Å²) in [6.45, 7) is 8.39. The van der Waals surface area contributed by atoms with Crippen molar-refractivity contribution >= 4 is 17.2 Å². The second-order valence-corrected chi connectivity index (χ2v) is 5.47. The first-order chi connectivity index (χ1) is 10.2. The molecule has 1 aromatic carbocycles. The van der Waals surface area contributed by atoms with E-state index in [2.05, 4.69) is 54.6 Å².